The highest BCUT2D eigenvalue weighted by atomic mass is 79.9. The van der Waals surface area contributed by atoms with Gasteiger partial charge < -0.3 is 0 Å². The van der Waals surface area contributed by atoms with Crippen LogP contribution in [0.4, 0.5) is 0 Å². The van der Waals surface area contributed by atoms with E-state index in [1.54, 1.807) is 18.3 Å². The zero-order chi connectivity index (χ0) is 15.1. The third kappa shape index (κ3) is 5.53. The zero-order valence-corrected chi connectivity index (χ0v) is 14.1. The Bertz CT molecular complexity index is 646. The first-order chi connectivity index (χ1) is 10.1. The zero-order valence-electron chi connectivity index (χ0n) is 10.9. The Morgan fingerprint density at radius 1 is 1.24 bits per heavy atom. The molecular formula is C15H12BrClN2OS. The molecule has 0 atom stereocenters. The highest BCUT2D eigenvalue weighted by Gasteiger charge is 2.01. The van der Waals surface area contributed by atoms with Gasteiger partial charge in [0, 0.05) is 20.0 Å². The average molecular weight is 384 g/mol. The van der Waals surface area contributed by atoms with Crippen LogP contribution in [-0.4, -0.2) is 17.9 Å². The molecule has 0 aromatic heterocycles. The SMILES string of the molecule is O=C(CSc1ccc(Cl)cc1)N/N=C/c1ccccc1Br. The van der Waals surface area contributed by atoms with E-state index in [1.807, 2.05) is 36.4 Å². The molecule has 0 aliphatic rings. The van der Waals surface area contributed by atoms with Crippen LogP contribution >= 0.6 is 39.3 Å². The Labute approximate surface area is 140 Å². The van der Waals surface area contributed by atoms with E-state index in [1.165, 1.54) is 11.8 Å². The Hall–Kier alpha value is -1.30. The van der Waals surface area contributed by atoms with Gasteiger partial charge in [-0.3, -0.25) is 4.79 Å². The summed E-state index contributed by atoms with van der Waals surface area (Å²) in [6.45, 7) is 0. The van der Waals surface area contributed by atoms with Crippen molar-refractivity contribution in [3.05, 3.63) is 63.6 Å². The van der Waals surface area contributed by atoms with Gasteiger partial charge in [0.25, 0.3) is 0 Å². The summed E-state index contributed by atoms with van der Waals surface area (Å²) in [5.74, 6) is 0.146. The molecule has 6 heteroatoms. The van der Waals surface area contributed by atoms with Crippen molar-refractivity contribution in [2.24, 2.45) is 5.10 Å². The van der Waals surface area contributed by atoms with Crippen LogP contribution in [-0.2, 0) is 4.79 Å². The molecule has 108 valence electrons. The molecule has 0 aliphatic heterocycles. The first kappa shape index (κ1) is 16.1. The van der Waals surface area contributed by atoms with E-state index in [-0.39, 0.29) is 5.91 Å². The van der Waals surface area contributed by atoms with Gasteiger partial charge in [-0.15, -0.1) is 11.8 Å². The highest BCUT2D eigenvalue weighted by Crippen LogP contribution is 2.19. The minimum atomic E-state index is -0.154. The first-order valence-corrected chi connectivity index (χ1v) is 8.25. The number of hydrogen-bond donors (Lipinski definition) is 1. The third-order valence-corrected chi connectivity index (χ3v) is 4.47. The van der Waals surface area contributed by atoms with Gasteiger partial charge in [0.2, 0.25) is 5.91 Å². The van der Waals surface area contributed by atoms with Gasteiger partial charge in [0.15, 0.2) is 0 Å². The number of thioether (sulfide) groups is 1. The minimum absolute atomic E-state index is 0.154. The van der Waals surface area contributed by atoms with Gasteiger partial charge in [-0.25, -0.2) is 5.43 Å². The number of rotatable bonds is 5. The number of amides is 1. The molecule has 0 saturated carbocycles. The maximum Gasteiger partial charge on any atom is 0.250 e. The molecule has 0 unspecified atom stereocenters. The summed E-state index contributed by atoms with van der Waals surface area (Å²) in [6.07, 6.45) is 1.61. The van der Waals surface area contributed by atoms with Crippen LogP contribution in [0.3, 0.4) is 0 Å². The summed E-state index contributed by atoms with van der Waals surface area (Å²) in [7, 11) is 0. The number of hydrogen-bond acceptors (Lipinski definition) is 3. The Morgan fingerprint density at radius 2 is 1.95 bits per heavy atom. The quantitative estimate of drug-likeness (QED) is 0.474. The summed E-state index contributed by atoms with van der Waals surface area (Å²) in [4.78, 5) is 12.7. The predicted molar refractivity (Wildman–Crippen MR) is 92.1 cm³/mol. The number of hydrazone groups is 1. The van der Waals surface area contributed by atoms with Gasteiger partial charge >= 0.3 is 0 Å². The van der Waals surface area contributed by atoms with E-state index in [9.17, 15) is 4.79 Å². The van der Waals surface area contributed by atoms with Gasteiger partial charge in [-0.1, -0.05) is 45.7 Å². The van der Waals surface area contributed by atoms with Crippen LogP contribution in [0.5, 0.6) is 0 Å². The van der Waals surface area contributed by atoms with Crippen molar-refractivity contribution in [3.8, 4) is 0 Å². The standard InChI is InChI=1S/C15H12BrClN2OS/c16-14-4-2-1-3-11(14)9-18-19-15(20)10-21-13-7-5-12(17)6-8-13/h1-9H,10H2,(H,19,20)/b18-9+. The Balaban J connectivity index is 1.80. The fourth-order valence-corrected chi connectivity index (χ4v) is 2.67. The van der Waals surface area contributed by atoms with Crippen molar-refractivity contribution in [2.45, 2.75) is 4.90 Å². The summed E-state index contributed by atoms with van der Waals surface area (Å²) >= 11 is 10.6. The van der Waals surface area contributed by atoms with Gasteiger partial charge in [-0.2, -0.15) is 5.10 Å². The summed E-state index contributed by atoms with van der Waals surface area (Å²) in [5, 5.41) is 4.62. The van der Waals surface area contributed by atoms with Crippen molar-refractivity contribution in [3.63, 3.8) is 0 Å². The molecule has 21 heavy (non-hydrogen) atoms. The number of halogens is 2. The van der Waals surface area contributed by atoms with Crippen LogP contribution in [0.25, 0.3) is 0 Å². The van der Waals surface area contributed by atoms with Crippen molar-refractivity contribution in [1.29, 1.82) is 0 Å². The maximum absolute atomic E-state index is 11.7. The van der Waals surface area contributed by atoms with E-state index < -0.39 is 0 Å². The van der Waals surface area contributed by atoms with E-state index in [0.29, 0.717) is 10.8 Å². The molecule has 0 aliphatic carbocycles. The smallest absolute Gasteiger partial charge is 0.250 e. The molecule has 0 spiro atoms. The maximum atomic E-state index is 11.7. The van der Waals surface area contributed by atoms with Crippen LogP contribution < -0.4 is 5.43 Å². The number of benzene rings is 2. The summed E-state index contributed by atoms with van der Waals surface area (Å²) in [5.41, 5.74) is 3.41. The van der Waals surface area contributed by atoms with Crippen LogP contribution in [0, 0.1) is 0 Å². The van der Waals surface area contributed by atoms with E-state index >= 15 is 0 Å². The van der Waals surface area contributed by atoms with Crippen LogP contribution in [0.15, 0.2) is 63.0 Å². The highest BCUT2D eigenvalue weighted by molar-refractivity contribution is 9.10. The normalized spacial score (nSPS) is 10.8. The second-order valence-electron chi connectivity index (χ2n) is 4.06. The van der Waals surface area contributed by atoms with Crippen molar-refractivity contribution < 1.29 is 4.79 Å². The monoisotopic (exact) mass is 382 g/mol. The van der Waals surface area contributed by atoms with Crippen molar-refractivity contribution in [2.75, 3.05) is 5.75 Å². The van der Waals surface area contributed by atoms with Gasteiger partial charge in [0.05, 0.1) is 12.0 Å². The first-order valence-electron chi connectivity index (χ1n) is 6.10. The Kier molecular flexibility index (Phi) is 6.29. The second-order valence-corrected chi connectivity index (χ2v) is 6.40. The predicted octanol–water partition coefficient (Wildman–Crippen LogP) is 4.34. The molecule has 3 nitrogen and oxygen atoms in total. The lowest BCUT2D eigenvalue weighted by Crippen LogP contribution is -2.19. The molecule has 0 heterocycles. The molecule has 2 rings (SSSR count). The molecule has 2 aromatic carbocycles. The van der Waals surface area contributed by atoms with Crippen LogP contribution in [0.2, 0.25) is 5.02 Å². The average Bonchev–Trinajstić information content (AvgIpc) is 2.49. The van der Waals surface area contributed by atoms with Crippen molar-refractivity contribution in [1.82, 2.24) is 5.43 Å². The molecule has 1 amide bonds. The minimum Gasteiger partial charge on any atom is -0.272 e. The molecule has 2 aromatic rings. The van der Waals surface area contributed by atoms with Crippen LogP contribution in [0.1, 0.15) is 5.56 Å². The van der Waals surface area contributed by atoms with Crippen molar-refractivity contribution >= 4 is 51.4 Å². The summed E-state index contributed by atoms with van der Waals surface area (Å²) < 4.78 is 0.929. The van der Waals surface area contributed by atoms with E-state index in [4.69, 9.17) is 11.6 Å². The molecule has 0 fully saturated rings. The fourth-order valence-electron chi connectivity index (χ4n) is 1.47. The number of nitrogens with one attached hydrogen (secondary N) is 1. The largest absolute Gasteiger partial charge is 0.272 e. The molecule has 0 saturated heterocycles. The fraction of sp³-hybridized carbons (Fsp3) is 0.0667. The molecule has 0 radical (unpaired) electrons. The Morgan fingerprint density at radius 3 is 2.67 bits per heavy atom. The van der Waals surface area contributed by atoms with Gasteiger partial charge in [-0.05, 0) is 30.3 Å². The lowest BCUT2D eigenvalue weighted by atomic mass is 10.2. The molecular weight excluding hydrogens is 372 g/mol. The molecule has 0 bridgehead atoms. The molecule has 1 N–H and O–H groups in total. The third-order valence-electron chi connectivity index (χ3n) is 2.48. The lowest BCUT2D eigenvalue weighted by molar-refractivity contribution is -0.118. The second kappa shape index (κ2) is 8.22. The van der Waals surface area contributed by atoms with E-state index in [0.717, 1.165) is 14.9 Å². The number of carbonyl (C=O) groups is 1. The summed E-state index contributed by atoms with van der Waals surface area (Å²) in [6, 6.07) is 15.0. The topological polar surface area (TPSA) is 41.5 Å². The number of carbonyl (C=O) groups excluding carboxylic acids is 1. The lowest BCUT2D eigenvalue weighted by Gasteiger charge is -2.01. The van der Waals surface area contributed by atoms with Gasteiger partial charge in [0.1, 0.15) is 0 Å². The number of nitrogens with zero attached hydrogens (tertiary/aromatic N) is 1. The van der Waals surface area contributed by atoms with E-state index in [2.05, 4.69) is 26.5 Å².